The average Bonchev–Trinajstić information content (AvgIpc) is 2.45. The van der Waals surface area contributed by atoms with Gasteiger partial charge in [-0.25, -0.2) is 13.1 Å². The van der Waals surface area contributed by atoms with E-state index < -0.39 is 10.0 Å². The largest absolute Gasteiger partial charge is 0.363 e. The van der Waals surface area contributed by atoms with Crippen molar-refractivity contribution < 1.29 is 13.2 Å². The highest BCUT2D eigenvalue weighted by Crippen LogP contribution is 2.10. The smallest absolute Gasteiger partial charge is 0.240 e. The lowest BCUT2D eigenvalue weighted by molar-refractivity contribution is 0.121. The highest BCUT2D eigenvalue weighted by atomic mass is 32.2. The third kappa shape index (κ3) is 6.50. The molecule has 0 fully saturated rings. The Morgan fingerprint density at radius 2 is 2.10 bits per heavy atom. The number of sulfonamides is 1. The maximum Gasteiger partial charge on any atom is 0.240 e. The van der Waals surface area contributed by atoms with E-state index in [-0.39, 0.29) is 11.0 Å². The number of thioether (sulfide) groups is 1. The van der Waals surface area contributed by atoms with Crippen LogP contribution in [-0.2, 0) is 14.8 Å². The molecule has 0 radical (unpaired) electrons. The van der Waals surface area contributed by atoms with Gasteiger partial charge in [0.05, 0.1) is 16.9 Å². The molecule has 0 aromatic heterocycles. The highest BCUT2D eigenvalue weighted by Gasteiger charge is 2.14. The molecule has 0 spiro atoms. The molecule has 0 amide bonds. The lowest BCUT2D eigenvalue weighted by atomic mass is 10.2. The minimum atomic E-state index is -3.47. The molecule has 1 aromatic rings. The molecule has 4 nitrogen and oxygen atoms in total. The Morgan fingerprint density at radius 3 is 2.67 bits per heavy atom. The van der Waals surface area contributed by atoms with Crippen LogP contribution in [0, 0.1) is 6.92 Å². The Labute approximate surface area is 131 Å². The van der Waals surface area contributed by atoms with Crippen molar-refractivity contribution in [1.82, 2.24) is 4.72 Å². The highest BCUT2D eigenvalue weighted by molar-refractivity contribution is 7.98. The van der Waals surface area contributed by atoms with Gasteiger partial charge in [0.2, 0.25) is 10.0 Å². The van der Waals surface area contributed by atoms with Gasteiger partial charge < -0.3 is 4.74 Å². The number of hydrogen-bond donors (Lipinski definition) is 1. The number of benzene rings is 1. The first-order chi connectivity index (χ1) is 9.99. The van der Waals surface area contributed by atoms with E-state index in [1.54, 1.807) is 42.1 Å². The molecule has 0 bridgehead atoms. The molecule has 0 aliphatic carbocycles. The first-order valence-electron chi connectivity index (χ1n) is 6.52. The molecule has 1 atom stereocenters. The van der Waals surface area contributed by atoms with Crippen LogP contribution in [0.1, 0.15) is 12.0 Å². The van der Waals surface area contributed by atoms with Crippen molar-refractivity contribution in [1.29, 1.82) is 0 Å². The number of ether oxygens (including phenoxy) is 1. The molecule has 0 saturated heterocycles. The van der Waals surface area contributed by atoms with Crippen LogP contribution < -0.4 is 4.72 Å². The third-order valence-electron chi connectivity index (χ3n) is 2.76. The molecule has 0 unspecified atom stereocenters. The van der Waals surface area contributed by atoms with Crippen LogP contribution >= 0.6 is 11.8 Å². The SMILES string of the molecule is C=C=C[C@H](CCNS(=O)(=O)c1ccc(C)cc1)OCSC. The Balaban J connectivity index is 2.56. The third-order valence-corrected chi connectivity index (χ3v) is 4.60. The summed E-state index contributed by atoms with van der Waals surface area (Å²) < 4.78 is 32.3. The molecule has 0 heterocycles. The van der Waals surface area contributed by atoms with Gasteiger partial charge in [-0.3, -0.25) is 0 Å². The van der Waals surface area contributed by atoms with Gasteiger partial charge in [0.15, 0.2) is 0 Å². The Morgan fingerprint density at radius 1 is 1.43 bits per heavy atom. The summed E-state index contributed by atoms with van der Waals surface area (Å²) in [7, 11) is -3.47. The lowest BCUT2D eigenvalue weighted by Crippen LogP contribution is -2.27. The van der Waals surface area contributed by atoms with E-state index in [9.17, 15) is 8.42 Å². The number of aryl methyl sites for hydroxylation is 1. The second-order valence-electron chi connectivity index (χ2n) is 4.48. The molecular formula is C15H21NO3S2. The van der Waals surface area contributed by atoms with Crippen LogP contribution in [0.5, 0.6) is 0 Å². The van der Waals surface area contributed by atoms with Gasteiger partial charge in [-0.05, 0) is 37.8 Å². The van der Waals surface area contributed by atoms with Gasteiger partial charge in [0, 0.05) is 6.54 Å². The average molecular weight is 327 g/mol. The predicted molar refractivity (Wildman–Crippen MR) is 87.9 cm³/mol. The molecule has 0 aliphatic heterocycles. The van der Waals surface area contributed by atoms with Gasteiger partial charge >= 0.3 is 0 Å². The van der Waals surface area contributed by atoms with Crippen molar-refractivity contribution in [3.05, 3.63) is 48.2 Å². The standard InChI is InChI=1S/C15H21NO3S2/c1-4-5-14(19-12-20-3)10-11-16-21(17,18)15-8-6-13(2)7-9-15/h5-9,14,16H,1,10-12H2,2-3H3/t14-/m1/s1. The van der Waals surface area contributed by atoms with Gasteiger partial charge in [-0.1, -0.05) is 24.3 Å². The van der Waals surface area contributed by atoms with E-state index in [2.05, 4.69) is 17.0 Å². The van der Waals surface area contributed by atoms with Crippen molar-refractivity contribution in [2.45, 2.75) is 24.3 Å². The van der Waals surface area contributed by atoms with Crippen LogP contribution in [0.15, 0.2) is 47.5 Å². The normalized spacial score (nSPS) is 12.7. The zero-order valence-corrected chi connectivity index (χ0v) is 14.0. The van der Waals surface area contributed by atoms with Gasteiger partial charge in [-0.15, -0.1) is 17.5 Å². The van der Waals surface area contributed by atoms with Crippen LogP contribution in [-0.4, -0.2) is 33.3 Å². The summed E-state index contributed by atoms with van der Waals surface area (Å²) >= 11 is 1.56. The summed E-state index contributed by atoms with van der Waals surface area (Å²) in [6.07, 6.45) is 4.00. The number of nitrogens with one attached hydrogen (secondary N) is 1. The van der Waals surface area contributed by atoms with E-state index in [1.807, 2.05) is 13.2 Å². The van der Waals surface area contributed by atoms with Gasteiger partial charge in [0.1, 0.15) is 0 Å². The molecule has 0 aliphatic rings. The molecule has 1 N–H and O–H groups in total. The molecule has 116 valence electrons. The molecule has 1 aromatic carbocycles. The Hall–Kier alpha value is -1.04. The van der Waals surface area contributed by atoms with E-state index >= 15 is 0 Å². The molecule has 0 saturated carbocycles. The first kappa shape index (κ1) is 18.0. The fourth-order valence-corrected chi connectivity index (χ4v) is 3.00. The van der Waals surface area contributed by atoms with E-state index in [4.69, 9.17) is 4.74 Å². The Kier molecular flexibility index (Phi) is 7.78. The van der Waals surface area contributed by atoms with Crippen molar-refractivity contribution >= 4 is 21.8 Å². The summed E-state index contributed by atoms with van der Waals surface area (Å²) in [5.41, 5.74) is 3.70. The second-order valence-corrected chi connectivity index (χ2v) is 7.06. The van der Waals surface area contributed by atoms with Gasteiger partial charge in [0.25, 0.3) is 0 Å². The summed E-state index contributed by atoms with van der Waals surface area (Å²) in [6, 6.07) is 6.75. The fourth-order valence-electron chi connectivity index (χ4n) is 1.64. The van der Waals surface area contributed by atoms with Crippen LogP contribution in [0.3, 0.4) is 0 Å². The predicted octanol–water partition coefficient (Wildman–Crippen LogP) is 2.71. The number of hydrogen-bond acceptors (Lipinski definition) is 4. The van der Waals surface area contributed by atoms with Crippen molar-refractivity contribution in [3.63, 3.8) is 0 Å². The maximum atomic E-state index is 12.1. The maximum absolute atomic E-state index is 12.1. The summed E-state index contributed by atoms with van der Waals surface area (Å²) in [5.74, 6) is 0.549. The van der Waals surface area contributed by atoms with Crippen LogP contribution in [0.2, 0.25) is 0 Å². The molecule has 6 heteroatoms. The molecule has 1 rings (SSSR count). The van der Waals surface area contributed by atoms with Crippen molar-refractivity contribution in [3.8, 4) is 0 Å². The van der Waals surface area contributed by atoms with Crippen LogP contribution in [0.25, 0.3) is 0 Å². The van der Waals surface area contributed by atoms with Gasteiger partial charge in [-0.2, -0.15) is 0 Å². The quantitative estimate of drug-likeness (QED) is 0.560. The monoisotopic (exact) mass is 327 g/mol. The minimum absolute atomic E-state index is 0.185. The molecule has 21 heavy (non-hydrogen) atoms. The zero-order chi connectivity index (χ0) is 15.7. The first-order valence-corrected chi connectivity index (χ1v) is 9.40. The summed E-state index contributed by atoms with van der Waals surface area (Å²) in [6.45, 7) is 5.73. The van der Waals surface area contributed by atoms with E-state index in [0.717, 1.165) is 5.56 Å². The van der Waals surface area contributed by atoms with Crippen LogP contribution in [0.4, 0.5) is 0 Å². The van der Waals surface area contributed by atoms with E-state index in [0.29, 0.717) is 18.9 Å². The summed E-state index contributed by atoms with van der Waals surface area (Å²) in [5, 5.41) is 0. The number of rotatable bonds is 9. The zero-order valence-electron chi connectivity index (χ0n) is 12.3. The topological polar surface area (TPSA) is 55.4 Å². The van der Waals surface area contributed by atoms with Crippen molar-refractivity contribution in [2.75, 3.05) is 18.7 Å². The lowest BCUT2D eigenvalue weighted by Gasteiger charge is -2.13. The summed E-state index contributed by atoms with van der Waals surface area (Å²) in [4.78, 5) is 0.272. The second kappa shape index (κ2) is 9.07. The van der Waals surface area contributed by atoms with E-state index in [1.165, 1.54) is 0 Å². The molecular weight excluding hydrogens is 306 g/mol. The fraction of sp³-hybridized carbons (Fsp3) is 0.400. The van der Waals surface area contributed by atoms with Crippen molar-refractivity contribution in [2.24, 2.45) is 0 Å². The Bertz CT molecular complexity index is 575. The minimum Gasteiger partial charge on any atom is -0.363 e.